The number of aryl methyl sites for hydroxylation is 1. The van der Waals surface area contributed by atoms with Crippen LogP contribution in [0.15, 0.2) is 154 Å². The molecule has 0 aliphatic rings. The smallest absolute Gasteiger partial charge is 0.302 e. The summed E-state index contributed by atoms with van der Waals surface area (Å²) in [5, 5.41) is 60.0. The van der Waals surface area contributed by atoms with Crippen molar-refractivity contribution in [3.63, 3.8) is 0 Å². The lowest BCUT2D eigenvalue weighted by Gasteiger charge is -2.15. The first-order chi connectivity index (χ1) is 46.3. The fourth-order valence-corrected chi connectivity index (χ4v) is 14.4. The number of oxazole rings is 1. The summed E-state index contributed by atoms with van der Waals surface area (Å²) in [6, 6.07) is 38.3. The molecule has 17 rings (SSSR count). The number of anilines is 12. The quantitative estimate of drug-likeness (QED) is 0.0488. The third-order valence-electron chi connectivity index (χ3n) is 14.6. The maximum Gasteiger partial charge on any atom is 0.302 e. The molecule has 0 saturated heterocycles. The molecule has 0 saturated carbocycles. The van der Waals surface area contributed by atoms with Crippen molar-refractivity contribution in [2.45, 2.75) is 39.5 Å². The number of H-pyrrole nitrogens is 3. The molecule has 17 aromatic rings. The number of nitriles is 1. The summed E-state index contributed by atoms with van der Waals surface area (Å²) in [4.78, 5) is 41.9. The Bertz CT molecular complexity index is 5710. The van der Waals surface area contributed by atoms with Gasteiger partial charge in [0.15, 0.2) is 33.5 Å². The van der Waals surface area contributed by atoms with Gasteiger partial charge < -0.3 is 20.4 Å². The van der Waals surface area contributed by atoms with Gasteiger partial charge in [0, 0.05) is 56.7 Å². The van der Waals surface area contributed by atoms with Crippen LogP contribution in [0.25, 0.3) is 84.8 Å². The Morgan fingerprint density at radius 2 is 1.01 bits per heavy atom. The topological polar surface area (TPSA) is 311 Å². The van der Waals surface area contributed by atoms with E-state index in [1.54, 1.807) is 41.3 Å². The van der Waals surface area contributed by atoms with Crippen molar-refractivity contribution in [1.29, 1.82) is 5.26 Å². The van der Waals surface area contributed by atoms with Crippen molar-refractivity contribution in [1.82, 2.24) is 75.4 Å². The van der Waals surface area contributed by atoms with Crippen molar-refractivity contribution >= 4 is 199 Å². The molecule has 0 fully saturated rings. The van der Waals surface area contributed by atoms with Crippen LogP contribution in [0, 0.1) is 23.0 Å². The highest BCUT2D eigenvalue weighted by molar-refractivity contribution is 7.22. The average Bonchev–Trinajstić information content (AvgIpc) is 1.80. The van der Waals surface area contributed by atoms with E-state index in [1.807, 2.05) is 147 Å². The molecule has 0 aliphatic carbocycles. The molecule has 0 bridgehead atoms. The van der Waals surface area contributed by atoms with Gasteiger partial charge in [-0.1, -0.05) is 80.7 Å². The molecule has 0 aliphatic heterocycles. The Kier molecular flexibility index (Phi) is 15.9. The van der Waals surface area contributed by atoms with Gasteiger partial charge in [0.1, 0.15) is 33.7 Å². The predicted molar refractivity (Wildman–Crippen MR) is 377 cm³/mol. The zero-order chi connectivity index (χ0) is 64.7. The van der Waals surface area contributed by atoms with Crippen molar-refractivity contribution in [3.05, 3.63) is 178 Å². The zero-order valence-corrected chi connectivity index (χ0v) is 54.2. The maximum absolute atomic E-state index is 14.0. The molecule has 12 aromatic heterocycles. The molecule has 5 aromatic carbocycles. The first-order valence-corrected chi connectivity index (χ1v) is 33.5. The molecule has 9 N–H and O–H groups in total. The first kappa shape index (κ1) is 59.8. The normalized spacial score (nSPS) is 11.5. The summed E-state index contributed by atoms with van der Waals surface area (Å²) in [5.41, 5.74) is 10.5. The average molecular weight is 1350 g/mol. The van der Waals surface area contributed by atoms with Gasteiger partial charge in [-0.25, -0.2) is 33.7 Å². The minimum atomic E-state index is -0.703. The molecule has 95 heavy (non-hydrogen) atoms. The largest absolute Gasteiger partial charge is 0.428 e. The van der Waals surface area contributed by atoms with E-state index in [4.69, 9.17) is 14.4 Å². The Morgan fingerprint density at radius 1 is 0.526 bits per heavy atom. The summed E-state index contributed by atoms with van der Waals surface area (Å²) in [6.07, 6.45) is 6.07. The van der Waals surface area contributed by atoms with E-state index in [9.17, 15) is 14.0 Å². The minimum absolute atomic E-state index is 0.109. The standard InChI is InChI=1S/C24H19N7OS.C21H18N8S2.C20H11F2N7S2/c1-2-19-20(14-6-4-3-5-7-14)28-24(32-19)30-23-27-18-10-11-33-21(18)22(29-23)26-16-8-9-17-15(12-16)13-25-31-17;1-21(2,3)17-15(9-22)31-20(26-17)28-19-25-14-6-7-30-16(14)18(27-19)24-12-4-5-13-11(8-12)10-23-29-13;21-10-6-12(22)16-15(7-10)31-20(26-16)28-19-25-14-3-4-30-17(14)18(27-19)24-11-1-2-13-9(5-11)8-23-29-13/h3-13H,2H2,1H3,(H,25,31)(H2,26,27,28,29,30);4-8,10H,1-3H3,(H,23,29)(H2,24,25,26,27,28);1-8H,(H,23,29)(H2,24,25,26,27,28). The number of hydrogen-bond donors (Lipinski definition) is 9. The van der Waals surface area contributed by atoms with Crippen LogP contribution in [0.5, 0.6) is 0 Å². The lowest BCUT2D eigenvalue weighted by Crippen LogP contribution is -2.13. The number of rotatable bonds is 14. The molecule has 468 valence electrons. The molecule has 0 radical (unpaired) electrons. The Labute approximate surface area is 555 Å². The molecule has 0 atom stereocenters. The van der Waals surface area contributed by atoms with E-state index in [2.05, 4.69) is 103 Å². The summed E-state index contributed by atoms with van der Waals surface area (Å²) in [7, 11) is 0. The second-order valence-corrected chi connectivity index (χ2v) is 27.0. The zero-order valence-electron chi connectivity index (χ0n) is 50.2. The molecule has 12 heterocycles. The van der Waals surface area contributed by atoms with E-state index >= 15 is 0 Å². The summed E-state index contributed by atoms with van der Waals surface area (Å²) in [5.74, 6) is 2.66. The van der Waals surface area contributed by atoms with E-state index < -0.39 is 11.6 Å². The van der Waals surface area contributed by atoms with E-state index in [0.29, 0.717) is 61.2 Å². The van der Waals surface area contributed by atoms with Crippen LogP contribution in [0.4, 0.5) is 77.4 Å². The SMILES string of the molecule is CC(C)(C)c1nc(Nc2nc(Nc3ccc4[nH]ncc4c3)c3sccc3n2)sc1C#N.CCc1oc(Nc2nc(Nc3ccc4[nH]ncc4c3)c3sccc3n2)nc1-c1ccccc1.Fc1cc(F)c2nc(Nc3nc(Nc4ccc5[nH]ncc5c4)c4sccc4n3)sc2c1. The number of nitrogens with zero attached hydrogens (tertiary/aromatic N) is 13. The Balaban J connectivity index is 0.000000117. The van der Waals surface area contributed by atoms with Gasteiger partial charge in [-0.15, -0.1) is 34.0 Å². The predicted octanol–water partition coefficient (Wildman–Crippen LogP) is 17.9. The highest BCUT2D eigenvalue weighted by Gasteiger charge is 2.25. The van der Waals surface area contributed by atoms with Crippen LogP contribution >= 0.6 is 56.7 Å². The van der Waals surface area contributed by atoms with Crippen LogP contribution in [0.3, 0.4) is 0 Å². The first-order valence-electron chi connectivity index (χ1n) is 29.2. The third kappa shape index (κ3) is 12.7. The summed E-state index contributed by atoms with van der Waals surface area (Å²) in [6.45, 7) is 8.17. The Hall–Kier alpha value is -11.5. The summed E-state index contributed by atoms with van der Waals surface area (Å²) >= 11 is 7.13. The van der Waals surface area contributed by atoms with Gasteiger partial charge >= 0.3 is 6.01 Å². The highest BCUT2D eigenvalue weighted by atomic mass is 32.1. The van der Waals surface area contributed by atoms with Crippen molar-refractivity contribution in [3.8, 4) is 17.3 Å². The monoisotopic (exact) mass is 1350 g/mol. The van der Waals surface area contributed by atoms with Crippen molar-refractivity contribution < 1.29 is 13.2 Å². The van der Waals surface area contributed by atoms with Gasteiger partial charge in [0.2, 0.25) is 17.8 Å². The fraction of sp³-hybridized carbons (Fsp3) is 0.0923. The third-order valence-corrected chi connectivity index (χ3v) is 19.1. The highest BCUT2D eigenvalue weighted by Crippen LogP contribution is 2.38. The number of nitrogens with one attached hydrogen (secondary N) is 9. The number of fused-ring (bicyclic) bond motifs is 7. The summed E-state index contributed by atoms with van der Waals surface area (Å²) < 4.78 is 36.7. The second kappa shape index (κ2) is 25.2. The number of aromatic amines is 3. The van der Waals surface area contributed by atoms with E-state index in [1.165, 1.54) is 28.7 Å². The maximum atomic E-state index is 14.0. The van der Waals surface area contributed by atoms with Crippen LogP contribution in [-0.2, 0) is 11.8 Å². The molecule has 0 spiro atoms. The van der Waals surface area contributed by atoms with Gasteiger partial charge in [-0.3, -0.25) is 31.2 Å². The number of thiazole rings is 2. The van der Waals surface area contributed by atoms with Gasteiger partial charge in [-0.05, 0) is 95.0 Å². The molecule has 0 amide bonds. The Morgan fingerprint density at radius 3 is 1.47 bits per heavy atom. The van der Waals surface area contributed by atoms with Crippen LogP contribution in [0.1, 0.15) is 44.0 Å². The van der Waals surface area contributed by atoms with E-state index in [-0.39, 0.29) is 10.9 Å². The van der Waals surface area contributed by atoms with E-state index in [0.717, 1.165) is 127 Å². The molecular formula is C65H48F2N22OS5. The lowest BCUT2D eigenvalue weighted by molar-refractivity contribution is 0.528. The second-order valence-electron chi connectivity index (χ2n) is 22.2. The molecule has 30 heteroatoms. The minimum Gasteiger partial charge on any atom is -0.428 e. The van der Waals surface area contributed by atoms with Crippen molar-refractivity contribution in [2.75, 3.05) is 31.9 Å². The van der Waals surface area contributed by atoms with Crippen LogP contribution < -0.4 is 31.9 Å². The fourth-order valence-electron chi connectivity index (χ4n) is 10.2. The lowest BCUT2D eigenvalue weighted by atomic mass is 9.91. The van der Waals surface area contributed by atoms with Crippen molar-refractivity contribution in [2.24, 2.45) is 0 Å². The van der Waals surface area contributed by atoms with Gasteiger partial charge in [0.25, 0.3) is 0 Å². The molecular weight excluding hydrogens is 1300 g/mol. The van der Waals surface area contributed by atoms with Crippen LogP contribution in [0.2, 0.25) is 0 Å². The van der Waals surface area contributed by atoms with Gasteiger partial charge in [-0.2, -0.15) is 40.5 Å². The van der Waals surface area contributed by atoms with Gasteiger partial charge in [0.05, 0.1) is 76.2 Å². The number of hydrogen-bond acceptors (Lipinski definition) is 25. The van der Waals surface area contributed by atoms with Crippen LogP contribution in [-0.4, -0.2) is 75.4 Å². The molecule has 23 nitrogen and oxygen atoms in total. The number of thiophene rings is 3. The number of benzene rings is 5. The molecule has 0 unspecified atom stereocenters. The number of aromatic nitrogens is 15. The number of halogens is 2.